The van der Waals surface area contributed by atoms with Crippen LogP contribution in [0.3, 0.4) is 0 Å². The molecule has 0 bridgehead atoms. The Morgan fingerprint density at radius 1 is 0.472 bits per heavy atom. The third-order valence-electron chi connectivity index (χ3n) is 17.6. The van der Waals surface area contributed by atoms with Gasteiger partial charge in [0.1, 0.15) is 18.1 Å². The van der Waals surface area contributed by atoms with E-state index in [9.17, 15) is 43.7 Å². The Bertz CT molecular complexity index is 3630. The molecule has 0 saturated carbocycles. The number of rotatable bonds is 59. The standard InChI is InChI=1S/C73H107NO28S3.Na/c1-72(23-28-91-39-44-99-50-47-94-34-31-86-3)65(64(63-17-15-61(55-66(63)72)104(80,81)82)21-26-89-37-42-97-53-54-98-43-38-90-27-22-70(75)76)18-9-57-7-6-8-58(71(57)102-59-11-13-60(14-12-59)103(77,78)79)10-20-69-73(2,24-29-92-40-45-100-51-48-95-35-32-87-4)67-56-62(105(83,84)85)16-19-68(67)74(69)25-30-93-41-46-101-52-49-96-36-33-88-5;/h9-20,55-56,64H,6-8,21-54H2,1-5H3,(H3-,75,76,77,78,79,80,81,82,83,84,85);/q;+1/p+1/b20-10+,57-9+,65-18-;. The van der Waals surface area contributed by atoms with Gasteiger partial charge in [-0.1, -0.05) is 30.7 Å². The number of carbonyl (C=O) groups is 1. The van der Waals surface area contributed by atoms with Crippen LogP contribution in [0.15, 0.2) is 122 Å². The number of carboxylic acids is 1. The fourth-order valence-corrected chi connectivity index (χ4v) is 13.7. The molecule has 4 N–H and O–H groups in total. The number of benzene rings is 3. The van der Waals surface area contributed by atoms with Gasteiger partial charge in [0, 0.05) is 70.2 Å². The number of nitrogens with zero attached hydrogens (tertiary/aromatic N) is 1. The molecule has 0 saturated heterocycles. The van der Waals surface area contributed by atoms with Gasteiger partial charge < -0.3 is 85.6 Å². The van der Waals surface area contributed by atoms with Crippen LogP contribution in [-0.2, 0) is 122 Å². The Labute approximate surface area is 646 Å². The second-order valence-electron chi connectivity index (χ2n) is 24.9. The van der Waals surface area contributed by atoms with E-state index in [4.69, 9.17) is 85.6 Å². The molecule has 33 heteroatoms. The van der Waals surface area contributed by atoms with Gasteiger partial charge in [-0.3, -0.25) is 18.5 Å². The van der Waals surface area contributed by atoms with Crippen molar-refractivity contribution in [3.05, 3.63) is 124 Å². The maximum absolute atomic E-state index is 12.9. The number of ether oxygens (including phenoxy) is 17. The summed E-state index contributed by atoms with van der Waals surface area (Å²) < 4.78 is 207. The van der Waals surface area contributed by atoms with Crippen LogP contribution in [0.4, 0.5) is 5.69 Å². The first kappa shape index (κ1) is 92.3. The number of hydrogen-bond acceptors (Lipinski definition) is 24. The number of hydrogen-bond donors (Lipinski definition) is 4. The van der Waals surface area contributed by atoms with Crippen molar-refractivity contribution in [1.82, 2.24) is 0 Å². The van der Waals surface area contributed by atoms with Crippen molar-refractivity contribution in [2.45, 2.75) is 90.2 Å². The molecule has 3 aromatic carbocycles. The molecule has 3 aromatic rings. The van der Waals surface area contributed by atoms with E-state index >= 15 is 0 Å². The second-order valence-corrected chi connectivity index (χ2v) is 29.2. The van der Waals surface area contributed by atoms with Gasteiger partial charge in [-0.2, -0.15) is 29.8 Å². The van der Waals surface area contributed by atoms with Crippen LogP contribution in [0.2, 0.25) is 0 Å². The Balaban J connectivity index is 0.0000202. The fraction of sp³-hybridized carbons (Fsp3) is 0.616. The van der Waals surface area contributed by atoms with Gasteiger partial charge in [0.15, 0.2) is 12.3 Å². The van der Waals surface area contributed by atoms with Crippen LogP contribution in [-0.4, -0.2) is 280 Å². The number of carboxylic acid groups (broad SMARTS) is 1. The molecule has 3 unspecified atom stereocenters. The predicted molar refractivity (Wildman–Crippen MR) is 385 cm³/mol. The summed E-state index contributed by atoms with van der Waals surface area (Å²) in [7, 11) is -9.16. The van der Waals surface area contributed by atoms with Crippen molar-refractivity contribution in [3.8, 4) is 5.75 Å². The summed E-state index contributed by atoms with van der Waals surface area (Å²) in [6.45, 7) is 13.3. The molecule has 2 aliphatic carbocycles. The summed E-state index contributed by atoms with van der Waals surface area (Å²) in [5, 5.41) is 8.83. The summed E-state index contributed by atoms with van der Waals surface area (Å²) >= 11 is 0. The topological polar surface area (TPSA) is 360 Å². The molecule has 6 rings (SSSR count). The van der Waals surface area contributed by atoms with Gasteiger partial charge in [-0.05, 0) is 122 Å². The minimum Gasteiger partial charge on any atom is -0.481 e. The Morgan fingerprint density at radius 2 is 0.877 bits per heavy atom. The van der Waals surface area contributed by atoms with Gasteiger partial charge >= 0.3 is 35.5 Å². The van der Waals surface area contributed by atoms with Gasteiger partial charge in [0.25, 0.3) is 30.4 Å². The summed E-state index contributed by atoms with van der Waals surface area (Å²) in [6.07, 6.45) is 10.5. The summed E-state index contributed by atoms with van der Waals surface area (Å²) in [6, 6.07) is 14.5. The van der Waals surface area contributed by atoms with Crippen LogP contribution in [0.5, 0.6) is 5.75 Å². The van der Waals surface area contributed by atoms with Crippen LogP contribution in [0.25, 0.3) is 0 Å². The van der Waals surface area contributed by atoms with E-state index in [1.165, 1.54) is 48.5 Å². The second kappa shape index (κ2) is 49.8. The minimum atomic E-state index is -4.68. The van der Waals surface area contributed by atoms with Gasteiger partial charge in [-0.15, -0.1) is 0 Å². The molecule has 0 radical (unpaired) electrons. The van der Waals surface area contributed by atoms with Crippen LogP contribution in [0, 0.1) is 0 Å². The van der Waals surface area contributed by atoms with Crippen molar-refractivity contribution in [2.75, 3.05) is 219 Å². The van der Waals surface area contributed by atoms with E-state index in [-0.39, 0.29) is 168 Å². The maximum Gasteiger partial charge on any atom is 1.00 e. The quantitative estimate of drug-likeness (QED) is 0.0260. The van der Waals surface area contributed by atoms with Crippen molar-refractivity contribution >= 4 is 47.7 Å². The molecule has 29 nitrogen and oxygen atoms in total. The number of methoxy groups -OCH3 is 3. The van der Waals surface area contributed by atoms with Crippen LogP contribution >= 0.6 is 0 Å². The first-order chi connectivity index (χ1) is 50.6. The van der Waals surface area contributed by atoms with E-state index in [0.717, 1.165) is 28.0 Å². The van der Waals surface area contributed by atoms with Crippen molar-refractivity contribution < 1.29 is 163 Å². The number of aliphatic carboxylic acids is 1. The van der Waals surface area contributed by atoms with E-state index in [0.29, 0.717) is 154 Å². The molecule has 3 atom stereocenters. The van der Waals surface area contributed by atoms with Crippen LogP contribution < -0.4 is 34.3 Å². The zero-order valence-electron chi connectivity index (χ0n) is 62.1. The average Bonchev–Trinajstić information content (AvgIpc) is 1.58. The molecule has 1 aliphatic heterocycles. The Hall–Kier alpha value is -4.35. The molecule has 1 heterocycles. The van der Waals surface area contributed by atoms with Gasteiger partial charge in [-0.25, -0.2) is 0 Å². The smallest absolute Gasteiger partial charge is 0.481 e. The molecule has 0 spiro atoms. The summed E-state index contributed by atoms with van der Waals surface area (Å²) in [5.41, 5.74) is 3.93. The van der Waals surface area contributed by atoms with Crippen molar-refractivity contribution in [1.29, 1.82) is 0 Å². The maximum atomic E-state index is 12.9. The molecular weight excluding hydrogens is 1460 g/mol. The first-order valence-corrected chi connectivity index (χ1v) is 39.5. The number of allylic oxidation sites excluding steroid dienone is 7. The number of fused-ring (bicyclic) bond motifs is 2. The van der Waals surface area contributed by atoms with E-state index in [2.05, 4.69) is 4.58 Å². The first-order valence-electron chi connectivity index (χ1n) is 35.2. The monoisotopic (exact) mass is 1570 g/mol. The van der Waals surface area contributed by atoms with E-state index < -0.39 is 47.2 Å². The molecule has 0 amide bonds. The van der Waals surface area contributed by atoms with Gasteiger partial charge in [0.2, 0.25) is 5.69 Å². The summed E-state index contributed by atoms with van der Waals surface area (Å²) in [5.74, 6) is -0.640. The third-order valence-corrected chi connectivity index (χ3v) is 20.2. The molecule has 0 aromatic heterocycles. The van der Waals surface area contributed by atoms with E-state index in [1.54, 1.807) is 33.5 Å². The third kappa shape index (κ3) is 31.4. The van der Waals surface area contributed by atoms with Crippen molar-refractivity contribution in [2.24, 2.45) is 0 Å². The Kier molecular flexibility index (Phi) is 43.4. The molecule has 106 heavy (non-hydrogen) atoms. The fourth-order valence-electron chi connectivity index (χ4n) is 12.2. The normalized spacial score (nSPS) is 18.4. The Morgan fingerprint density at radius 3 is 1.34 bits per heavy atom. The minimum absolute atomic E-state index is 0. The average molecular weight is 1570 g/mol. The predicted octanol–water partition coefficient (Wildman–Crippen LogP) is 4.57. The van der Waals surface area contributed by atoms with Crippen molar-refractivity contribution in [3.63, 3.8) is 0 Å². The molecule has 0 fully saturated rings. The van der Waals surface area contributed by atoms with Crippen LogP contribution in [0.1, 0.15) is 81.4 Å². The van der Waals surface area contributed by atoms with E-state index in [1.807, 2.05) is 38.2 Å². The molecular formula is C73H108NNaO28S3+2. The molecule has 3 aliphatic rings. The SMILES string of the molecule is COCCOCCOCCOCC[N+]1=C(/C=C/C2=C(Oc3ccc(S(=O)(=O)O)cc3)C(=C/C=C3/C(CCOCCOCCOCCOCCC(=O)O)c4ccc(S(=O)(=O)O)cc4C3(C)CCOCCOCCOCCOC)/CCC2)C(C)(CCOCCOCCOCCOC)c2cc(S(=O)(=O)O)ccc21.[Na+]. The van der Waals surface area contributed by atoms with Gasteiger partial charge in [0.05, 0.1) is 192 Å². The summed E-state index contributed by atoms with van der Waals surface area (Å²) in [4.78, 5) is 9.84. The zero-order chi connectivity index (χ0) is 75.8. The molecule has 590 valence electrons. The zero-order valence-corrected chi connectivity index (χ0v) is 66.5. The largest absolute Gasteiger partial charge is 1.00 e.